The summed E-state index contributed by atoms with van der Waals surface area (Å²) in [6.07, 6.45) is 2.95. The highest BCUT2D eigenvalue weighted by Crippen LogP contribution is 2.28. The molecule has 2 aliphatic heterocycles. The second kappa shape index (κ2) is 2.87. The number of hydrogen-bond acceptors (Lipinski definition) is 2. The third-order valence-electron chi connectivity index (χ3n) is 2.41. The highest BCUT2D eigenvalue weighted by atomic mass is 16.6. The molecule has 2 radical (unpaired) electrons. The van der Waals surface area contributed by atoms with E-state index in [1.54, 1.807) is 11.1 Å². The summed E-state index contributed by atoms with van der Waals surface area (Å²) in [5.41, 5.74) is 0.660. The fourth-order valence-electron chi connectivity index (χ4n) is 1.44. The number of nitrogens with zero attached hydrogens (tertiary/aromatic N) is 1. The van der Waals surface area contributed by atoms with Crippen molar-refractivity contribution in [3.8, 4) is 0 Å². The van der Waals surface area contributed by atoms with Gasteiger partial charge >= 0.3 is 0 Å². The molecular weight excluding hydrogens is 165 g/mol. The van der Waals surface area contributed by atoms with Crippen LogP contribution >= 0.6 is 0 Å². The predicted molar refractivity (Wildman–Crippen MR) is 49.1 cm³/mol. The Hall–Kier alpha value is -0.765. The van der Waals surface area contributed by atoms with Crippen LogP contribution in [0.25, 0.3) is 0 Å². The van der Waals surface area contributed by atoms with Crippen LogP contribution in [0.15, 0.2) is 11.7 Å². The molecule has 0 bridgehead atoms. The van der Waals surface area contributed by atoms with Gasteiger partial charge in [0.2, 0.25) is 5.91 Å². The lowest BCUT2D eigenvalue weighted by atomic mass is 9.89. The Labute approximate surface area is 79.1 Å². The second-order valence-electron chi connectivity index (χ2n) is 3.96. The molecule has 0 aromatic heterocycles. The van der Waals surface area contributed by atoms with Crippen LogP contribution in [0.5, 0.6) is 0 Å². The molecule has 2 heterocycles. The minimum absolute atomic E-state index is 0.121. The van der Waals surface area contributed by atoms with E-state index in [1.807, 2.05) is 6.92 Å². The molecule has 0 saturated carbocycles. The van der Waals surface area contributed by atoms with Crippen molar-refractivity contribution < 1.29 is 9.53 Å². The first-order valence-electron chi connectivity index (χ1n) is 4.49. The maximum atomic E-state index is 11.4. The van der Waals surface area contributed by atoms with Crippen LogP contribution in [0, 0.1) is 0 Å². The van der Waals surface area contributed by atoms with Crippen molar-refractivity contribution >= 4 is 13.8 Å². The highest BCUT2D eigenvalue weighted by molar-refractivity contribution is 6.22. The van der Waals surface area contributed by atoms with Gasteiger partial charge < -0.3 is 9.64 Å². The maximum Gasteiger partial charge on any atom is 0.226 e. The zero-order chi connectivity index (χ0) is 9.47. The van der Waals surface area contributed by atoms with E-state index in [2.05, 4.69) is 0 Å². The molecule has 0 aromatic carbocycles. The average Bonchev–Trinajstić information content (AvgIpc) is 2.76. The van der Waals surface area contributed by atoms with Crippen LogP contribution < -0.4 is 0 Å². The first-order chi connectivity index (χ1) is 6.09. The summed E-state index contributed by atoms with van der Waals surface area (Å²) in [6, 6.07) is 0. The lowest BCUT2D eigenvalue weighted by Crippen LogP contribution is -2.36. The van der Waals surface area contributed by atoms with Crippen LogP contribution in [-0.4, -0.2) is 37.4 Å². The molecule has 0 aromatic rings. The monoisotopic (exact) mass is 177 g/mol. The quantitative estimate of drug-likeness (QED) is 0.452. The molecule has 1 atom stereocenters. The van der Waals surface area contributed by atoms with Gasteiger partial charge in [0.05, 0.1) is 13.2 Å². The van der Waals surface area contributed by atoms with Gasteiger partial charge in [0.1, 0.15) is 13.4 Å². The van der Waals surface area contributed by atoms with Crippen molar-refractivity contribution in [2.45, 2.75) is 25.4 Å². The fraction of sp³-hybridized carbons (Fsp3) is 0.667. The van der Waals surface area contributed by atoms with Crippen molar-refractivity contribution in [1.82, 2.24) is 4.90 Å². The minimum Gasteiger partial charge on any atom is -0.368 e. The van der Waals surface area contributed by atoms with E-state index in [0.717, 1.165) is 12.1 Å². The third kappa shape index (κ3) is 1.94. The molecule has 1 unspecified atom stereocenters. The molecule has 68 valence electrons. The van der Waals surface area contributed by atoms with Crippen LogP contribution in [0.3, 0.4) is 0 Å². The molecule has 2 aliphatic rings. The fourth-order valence-corrected chi connectivity index (χ4v) is 1.44. The molecular formula is C9H12BNO2. The van der Waals surface area contributed by atoms with Crippen molar-refractivity contribution in [3.63, 3.8) is 0 Å². The molecule has 0 N–H and O–H groups in total. The zero-order valence-electron chi connectivity index (χ0n) is 7.75. The average molecular weight is 177 g/mol. The topological polar surface area (TPSA) is 32.8 Å². The Morgan fingerprint density at radius 3 is 3.00 bits per heavy atom. The SMILES string of the molecule is [B]C1=CN(CC2(C)CO2)C(=O)CC1. The molecule has 1 saturated heterocycles. The summed E-state index contributed by atoms with van der Waals surface area (Å²) >= 11 is 0. The Kier molecular flexibility index (Phi) is 1.95. The van der Waals surface area contributed by atoms with E-state index in [4.69, 9.17) is 12.6 Å². The lowest BCUT2D eigenvalue weighted by Gasteiger charge is -2.25. The number of carbonyl (C=O) groups is 1. The molecule has 2 rings (SSSR count). The molecule has 3 nitrogen and oxygen atoms in total. The van der Waals surface area contributed by atoms with E-state index in [1.165, 1.54) is 0 Å². The Balaban J connectivity index is 2.03. The summed E-state index contributed by atoms with van der Waals surface area (Å²) in [5.74, 6) is 0.144. The first kappa shape index (κ1) is 8.82. The Morgan fingerprint density at radius 2 is 2.38 bits per heavy atom. The number of allylic oxidation sites excluding steroid dienone is 1. The number of carbonyl (C=O) groups excluding carboxylic acids is 1. The number of rotatable bonds is 2. The van der Waals surface area contributed by atoms with E-state index >= 15 is 0 Å². The first-order valence-corrected chi connectivity index (χ1v) is 4.49. The third-order valence-corrected chi connectivity index (χ3v) is 2.41. The van der Waals surface area contributed by atoms with Gasteiger partial charge in [-0.05, 0) is 19.5 Å². The van der Waals surface area contributed by atoms with E-state index in [0.29, 0.717) is 19.4 Å². The normalized spacial score (nSPS) is 33.2. The van der Waals surface area contributed by atoms with Gasteiger partial charge in [-0.3, -0.25) is 4.79 Å². The van der Waals surface area contributed by atoms with Crippen LogP contribution in [0.1, 0.15) is 19.8 Å². The zero-order valence-corrected chi connectivity index (χ0v) is 7.75. The smallest absolute Gasteiger partial charge is 0.226 e. The summed E-state index contributed by atoms with van der Waals surface area (Å²) in [6.45, 7) is 3.37. The molecule has 4 heteroatoms. The summed E-state index contributed by atoms with van der Waals surface area (Å²) in [5, 5.41) is 0. The number of ether oxygens (including phenoxy) is 1. The maximum absolute atomic E-state index is 11.4. The minimum atomic E-state index is -0.121. The van der Waals surface area contributed by atoms with Crippen molar-refractivity contribution in [2.75, 3.05) is 13.2 Å². The van der Waals surface area contributed by atoms with Gasteiger partial charge in [0.25, 0.3) is 0 Å². The Morgan fingerprint density at radius 1 is 1.69 bits per heavy atom. The van der Waals surface area contributed by atoms with Gasteiger partial charge in [-0.1, -0.05) is 0 Å². The van der Waals surface area contributed by atoms with Gasteiger partial charge in [-0.25, -0.2) is 0 Å². The van der Waals surface area contributed by atoms with E-state index in [-0.39, 0.29) is 11.5 Å². The summed E-state index contributed by atoms with van der Waals surface area (Å²) in [4.78, 5) is 13.1. The van der Waals surface area contributed by atoms with E-state index in [9.17, 15) is 4.79 Å². The summed E-state index contributed by atoms with van der Waals surface area (Å²) < 4.78 is 5.22. The number of hydrogen-bond donors (Lipinski definition) is 0. The highest BCUT2D eigenvalue weighted by Gasteiger charge is 2.41. The summed E-state index contributed by atoms with van der Waals surface area (Å²) in [7, 11) is 5.65. The number of amides is 1. The lowest BCUT2D eigenvalue weighted by molar-refractivity contribution is -0.129. The van der Waals surface area contributed by atoms with E-state index < -0.39 is 0 Å². The van der Waals surface area contributed by atoms with Crippen LogP contribution in [0.2, 0.25) is 0 Å². The number of epoxide rings is 1. The molecule has 0 aliphatic carbocycles. The Bertz CT molecular complexity index is 271. The van der Waals surface area contributed by atoms with Crippen molar-refractivity contribution in [3.05, 3.63) is 11.7 Å². The predicted octanol–water partition coefficient (Wildman–Crippen LogP) is 0.408. The largest absolute Gasteiger partial charge is 0.368 e. The molecule has 13 heavy (non-hydrogen) atoms. The molecule has 1 amide bonds. The molecule has 1 fully saturated rings. The van der Waals surface area contributed by atoms with Crippen LogP contribution in [0.4, 0.5) is 0 Å². The van der Waals surface area contributed by atoms with Gasteiger partial charge in [0, 0.05) is 6.42 Å². The van der Waals surface area contributed by atoms with Crippen molar-refractivity contribution in [2.24, 2.45) is 0 Å². The van der Waals surface area contributed by atoms with Crippen LogP contribution in [-0.2, 0) is 9.53 Å². The van der Waals surface area contributed by atoms with Gasteiger partial charge in [-0.15, -0.1) is 5.47 Å². The molecule has 0 spiro atoms. The second-order valence-corrected chi connectivity index (χ2v) is 3.96. The standard InChI is InChI=1S/C9H12BNO2/c1-9(6-13-9)5-11-4-7(10)2-3-8(11)12/h4H,2-3,5-6H2,1H3. The van der Waals surface area contributed by atoms with Crippen molar-refractivity contribution in [1.29, 1.82) is 0 Å². The van der Waals surface area contributed by atoms with Gasteiger partial charge in [-0.2, -0.15) is 0 Å². The van der Waals surface area contributed by atoms with Gasteiger partial charge in [0.15, 0.2) is 0 Å².